The highest BCUT2D eigenvalue weighted by Crippen LogP contribution is 2.38. The maximum Gasteiger partial charge on any atom is 0.325 e. The van der Waals surface area contributed by atoms with Crippen molar-refractivity contribution < 1.29 is 17.9 Å². The van der Waals surface area contributed by atoms with Crippen molar-refractivity contribution in [2.45, 2.75) is 43.8 Å². The monoisotopic (exact) mass is 362 g/mol. The molecule has 0 saturated carbocycles. The molecule has 0 spiro atoms. The average Bonchev–Trinajstić information content (AvgIpc) is 2.56. The summed E-state index contributed by atoms with van der Waals surface area (Å²) in [6.45, 7) is 9.72. The van der Waals surface area contributed by atoms with E-state index in [2.05, 4.69) is 6.58 Å². The molecule has 1 aliphatic carbocycles. The Labute approximate surface area is 150 Å². The molecular formula is C20H26O4S. The molecule has 1 aromatic rings. The highest BCUT2D eigenvalue weighted by Gasteiger charge is 2.44. The number of ether oxygens (including phenoxy) is 1. The molecule has 0 bridgehead atoms. The van der Waals surface area contributed by atoms with Crippen LogP contribution in [0.25, 0.3) is 0 Å². The van der Waals surface area contributed by atoms with Gasteiger partial charge in [-0.1, -0.05) is 41.5 Å². The fourth-order valence-electron chi connectivity index (χ4n) is 3.33. The van der Waals surface area contributed by atoms with Crippen molar-refractivity contribution in [1.82, 2.24) is 0 Å². The fourth-order valence-corrected chi connectivity index (χ4v) is 5.25. The highest BCUT2D eigenvalue weighted by molar-refractivity contribution is 7.92. The number of hydrogen-bond donors (Lipinski definition) is 0. The number of carbonyl (C=O) groups is 1. The summed E-state index contributed by atoms with van der Waals surface area (Å²) in [5.74, 6) is -0.941. The molecule has 0 heterocycles. The number of benzene rings is 1. The number of allylic oxidation sites excluding steroid dienone is 3. The lowest BCUT2D eigenvalue weighted by atomic mass is 9.77. The minimum absolute atomic E-state index is 0.152. The predicted octanol–water partition coefficient (Wildman–Crippen LogP) is 3.86. The van der Waals surface area contributed by atoms with Crippen LogP contribution in [0.1, 0.15) is 32.3 Å². The number of carbonyl (C=O) groups excluding carboxylic acids is 1. The molecule has 0 aromatic heterocycles. The average molecular weight is 362 g/mol. The second kappa shape index (κ2) is 7.56. The molecule has 5 heteroatoms. The number of hydrogen-bond acceptors (Lipinski definition) is 4. The van der Waals surface area contributed by atoms with Gasteiger partial charge in [0.2, 0.25) is 0 Å². The maximum absolute atomic E-state index is 13.2. The SMILES string of the molecule is C=C(C)[C@H]1CC=C(C)[C@@H]([C@H](C(=O)OC)S(=O)(=O)c2ccc(C)cc2)C1. The highest BCUT2D eigenvalue weighted by atomic mass is 32.2. The van der Waals surface area contributed by atoms with Gasteiger partial charge in [-0.05, 0) is 51.7 Å². The van der Waals surface area contributed by atoms with Gasteiger partial charge < -0.3 is 4.74 Å². The van der Waals surface area contributed by atoms with E-state index in [9.17, 15) is 13.2 Å². The van der Waals surface area contributed by atoms with Crippen molar-refractivity contribution in [3.8, 4) is 0 Å². The van der Waals surface area contributed by atoms with Gasteiger partial charge >= 0.3 is 5.97 Å². The molecule has 0 radical (unpaired) electrons. The molecule has 1 aromatic carbocycles. The van der Waals surface area contributed by atoms with Crippen LogP contribution in [0.2, 0.25) is 0 Å². The number of sulfone groups is 1. The summed E-state index contributed by atoms with van der Waals surface area (Å²) in [6.07, 6.45) is 3.44. The summed E-state index contributed by atoms with van der Waals surface area (Å²) in [5.41, 5.74) is 2.89. The minimum atomic E-state index is -3.86. The van der Waals surface area contributed by atoms with Gasteiger partial charge in [-0.25, -0.2) is 8.42 Å². The maximum atomic E-state index is 13.2. The number of aryl methyl sites for hydroxylation is 1. The van der Waals surface area contributed by atoms with Crippen LogP contribution in [0.15, 0.2) is 53.0 Å². The van der Waals surface area contributed by atoms with E-state index in [1.54, 1.807) is 24.3 Å². The Balaban J connectivity index is 2.50. The summed E-state index contributed by atoms with van der Waals surface area (Å²) >= 11 is 0. The van der Waals surface area contributed by atoms with Gasteiger partial charge in [-0.3, -0.25) is 4.79 Å². The Kier molecular flexibility index (Phi) is 5.88. The first kappa shape index (κ1) is 19.4. The van der Waals surface area contributed by atoms with Crippen molar-refractivity contribution in [3.05, 3.63) is 53.6 Å². The zero-order chi connectivity index (χ0) is 18.8. The van der Waals surface area contributed by atoms with Gasteiger partial charge in [0.05, 0.1) is 12.0 Å². The van der Waals surface area contributed by atoms with Crippen LogP contribution in [0, 0.1) is 18.8 Å². The second-order valence-electron chi connectivity index (χ2n) is 6.87. The molecule has 0 aliphatic heterocycles. The zero-order valence-electron chi connectivity index (χ0n) is 15.3. The van der Waals surface area contributed by atoms with Gasteiger partial charge in [0.1, 0.15) is 0 Å². The molecule has 0 unspecified atom stereocenters. The first-order valence-electron chi connectivity index (χ1n) is 8.39. The second-order valence-corrected chi connectivity index (χ2v) is 8.94. The Morgan fingerprint density at radius 2 is 1.84 bits per heavy atom. The van der Waals surface area contributed by atoms with Crippen LogP contribution < -0.4 is 0 Å². The van der Waals surface area contributed by atoms with E-state index in [-0.39, 0.29) is 10.8 Å². The Hall–Kier alpha value is -1.88. The van der Waals surface area contributed by atoms with E-state index in [0.29, 0.717) is 6.42 Å². The van der Waals surface area contributed by atoms with Crippen LogP contribution in [0.4, 0.5) is 0 Å². The van der Waals surface area contributed by atoms with Crippen LogP contribution in [0.5, 0.6) is 0 Å². The molecule has 0 amide bonds. The Bertz CT molecular complexity index is 787. The van der Waals surface area contributed by atoms with E-state index < -0.39 is 27.0 Å². The first-order chi connectivity index (χ1) is 11.7. The number of rotatable bonds is 5. The van der Waals surface area contributed by atoms with E-state index >= 15 is 0 Å². The van der Waals surface area contributed by atoms with E-state index in [4.69, 9.17) is 4.74 Å². The lowest BCUT2D eigenvalue weighted by Gasteiger charge is -2.33. The summed E-state index contributed by atoms with van der Waals surface area (Å²) in [6, 6.07) is 6.58. The van der Waals surface area contributed by atoms with Crippen LogP contribution in [0.3, 0.4) is 0 Å². The molecule has 0 fully saturated rings. The van der Waals surface area contributed by atoms with E-state index in [1.165, 1.54) is 7.11 Å². The van der Waals surface area contributed by atoms with Crippen molar-refractivity contribution in [1.29, 1.82) is 0 Å². The van der Waals surface area contributed by atoms with Crippen LogP contribution in [-0.4, -0.2) is 26.7 Å². The van der Waals surface area contributed by atoms with Crippen molar-refractivity contribution in [3.63, 3.8) is 0 Å². The quantitative estimate of drug-likeness (QED) is 0.589. The molecule has 136 valence electrons. The topological polar surface area (TPSA) is 60.4 Å². The summed E-state index contributed by atoms with van der Waals surface area (Å²) < 4.78 is 31.3. The molecule has 2 rings (SSSR count). The fraction of sp³-hybridized carbons (Fsp3) is 0.450. The Morgan fingerprint density at radius 3 is 2.36 bits per heavy atom. The molecule has 3 atom stereocenters. The van der Waals surface area contributed by atoms with Gasteiger partial charge in [0.25, 0.3) is 0 Å². The zero-order valence-corrected chi connectivity index (χ0v) is 16.1. The molecule has 4 nitrogen and oxygen atoms in total. The molecule has 0 saturated heterocycles. The molecular weight excluding hydrogens is 336 g/mol. The third-order valence-corrected chi connectivity index (χ3v) is 7.15. The number of methoxy groups -OCH3 is 1. The Morgan fingerprint density at radius 1 is 1.24 bits per heavy atom. The summed E-state index contributed by atoms with van der Waals surface area (Å²) in [7, 11) is -2.62. The van der Waals surface area contributed by atoms with E-state index in [1.807, 2.05) is 26.8 Å². The molecule has 25 heavy (non-hydrogen) atoms. The van der Waals surface area contributed by atoms with Gasteiger partial charge in [-0.2, -0.15) is 0 Å². The number of esters is 1. The smallest absolute Gasteiger partial charge is 0.325 e. The van der Waals surface area contributed by atoms with Crippen LogP contribution >= 0.6 is 0 Å². The predicted molar refractivity (Wildman–Crippen MR) is 99.0 cm³/mol. The normalized spacial score (nSPS) is 22.0. The third kappa shape index (κ3) is 4.03. The standard InChI is InChI=1S/C20H26O4S/c1-13(2)16-9-8-15(4)18(12-16)19(20(21)24-5)25(22,23)17-10-6-14(3)7-11-17/h6-8,10-11,16,18-19H,1,9,12H2,2-5H3/t16-,18-,19+/m0/s1. The molecule has 0 N–H and O–H groups in total. The largest absolute Gasteiger partial charge is 0.468 e. The van der Waals surface area contributed by atoms with Crippen molar-refractivity contribution in [2.24, 2.45) is 11.8 Å². The van der Waals surface area contributed by atoms with Crippen molar-refractivity contribution in [2.75, 3.05) is 7.11 Å². The van der Waals surface area contributed by atoms with E-state index in [0.717, 1.165) is 23.1 Å². The van der Waals surface area contributed by atoms with Gasteiger partial charge in [-0.15, -0.1) is 0 Å². The first-order valence-corrected chi connectivity index (χ1v) is 9.93. The lowest BCUT2D eigenvalue weighted by molar-refractivity contribution is -0.141. The van der Waals surface area contributed by atoms with Crippen molar-refractivity contribution >= 4 is 15.8 Å². The third-order valence-electron chi connectivity index (χ3n) is 5.03. The summed E-state index contributed by atoms with van der Waals surface area (Å²) in [5, 5.41) is -1.24. The summed E-state index contributed by atoms with van der Waals surface area (Å²) in [4.78, 5) is 12.6. The van der Waals surface area contributed by atoms with Gasteiger partial charge in [0, 0.05) is 5.92 Å². The van der Waals surface area contributed by atoms with Gasteiger partial charge in [0.15, 0.2) is 15.1 Å². The lowest BCUT2D eigenvalue weighted by Crippen LogP contribution is -2.41. The minimum Gasteiger partial charge on any atom is -0.468 e. The van der Waals surface area contributed by atoms with Crippen LogP contribution in [-0.2, 0) is 19.4 Å². The molecule has 1 aliphatic rings.